The third-order valence-electron chi connectivity index (χ3n) is 3.15. The van der Waals surface area contributed by atoms with Crippen molar-refractivity contribution in [3.8, 4) is 11.5 Å². The van der Waals surface area contributed by atoms with E-state index >= 15 is 0 Å². The number of hydrogen-bond donors (Lipinski definition) is 0. The average Bonchev–Trinajstić information content (AvgIpc) is 2.97. The van der Waals surface area contributed by atoms with Gasteiger partial charge in [0.15, 0.2) is 11.5 Å². The van der Waals surface area contributed by atoms with Gasteiger partial charge < -0.3 is 9.47 Å². The fourth-order valence-electron chi connectivity index (χ4n) is 2.09. The van der Waals surface area contributed by atoms with Crippen LogP contribution in [0.1, 0.15) is 10.4 Å². The van der Waals surface area contributed by atoms with Gasteiger partial charge >= 0.3 is 0 Å². The number of fused-ring (bicyclic) bond motifs is 1. The lowest BCUT2D eigenvalue weighted by atomic mass is 10.2. The summed E-state index contributed by atoms with van der Waals surface area (Å²) in [5.41, 5.74) is 1.06. The first-order valence-corrected chi connectivity index (χ1v) is 7.52. The summed E-state index contributed by atoms with van der Waals surface area (Å²) in [5.74, 6) is 1.44. The molecule has 112 valence electrons. The Kier molecular flexibility index (Phi) is 4.29. The maximum atomic E-state index is 5.29. The molecule has 0 N–H and O–H groups in total. The summed E-state index contributed by atoms with van der Waals surface area (Å²) in [4.78, 5) is 14.8. The first-order chi connectivity index (χ1) is 10.8. The van der Waals surface area contributed by atoms with Crippen molar-refractivity contribution in [2.24, 2.45) is 4.99 Å². The summed E-state index contributed by atoms with van der Waals surface area (Å²) >= 11 is 1.60. The number of methoxy groups -OCH3 is 2. The number of hydrogen-bond acceptors (Lipinski definition) is 6. The lowest BCUT2D eigenvalue weighted by Crippen LogP contribution is -1.92. The van der Waals surface area contributed by atoms with Crippen molar-refractivity contribution in [3.05, 3.63) is 47.2 Å². The highest BCUT2D eigenvalue weighted by atomic mass is 32.1. The molecule has 0 fully saturated rings. The highest BCUT2D eigenvalue weighted by Crippen LogP contribution is 2.28. The summed E-state index contributed by atoms with van der Waals surface area (Å²) in [6.07, 6.45) is 5.23. The van der Waals surface area contributed by atoms with Crippen LogP contribution in [0.2, 0.25) is 0 Å². The van der Waals surface area contributed by atoms with E-state index < -0.39 is 0 Å². The molecule has 3 aromatic rings. The highest BCUT2D eigenvalue weighted by Gasteiger charge is 2.04. The molecule has 0 saturated heterocycles. The Morgan fingerprint density at radius 3 is 2.82 bits per heavy atom. The normalized spacial score (nSPS) is 11.2. The van der Waals surface area contributed by atoms with E-state index in [1.807, 2.05) is 36.7 Å². The van der Waals surface area contributed by atoms with Gasteiger partial charge in [-0.3, -0.25) is 4.99 Å². The van der Waals surface area contributed by atoms with Crippen LogP contribution in [0.5, 0.6) is 11.5 Å². The van der Waals surface area contributed by atoms with E-state index in [0.29, 0.717) is 12.3 Å². The van der Waals surface area contributed by atoms with Crippen molar-refractivity contribution in [2.75, 3.05) is 14.2 Å². The molecule has 0 atom stereocenters. The third kappa shape index (κ3) is 3.07. The van der Waals surface area contributed by atoms with Crippen LogP contribution in [0, 0.1) is 0 Å². The lowest BCUT2D eigenvalue weighted by molar-refractivity contribution is 0.354. The molecule has 0 radical (unpaired) electrons. The van der Waals surface area contributed by atoms with Crippen LogP contribution >= 0.6 is 11.3 Å². The van der Waals surface area contributed by atoms with Crippen molar-refractivity contribution in [2.45, 2.75) is 6.54 Å². The predicted octanol–water partition coefficient (Wildman–Crippen LogP) is 3.33. The maximum absolute atomic E-state index is 5.29. The zero-order valence-electron chi connectivity index (χ0n) is 12.3. The van der Waals surface area contributed by atoms with Gasteiger partial charge in [-0.25, -0.2) is 9.97 Å². The van der Waals surface area contributed by atoms with Gasteiger partial charge in [-0.05, 0) is 23.8 Å². The summed E-state index contributed by atoms with van der Waals surface area (Å²) in [7, 11) is 3.25. The minimum absolute atomic E-state index is 0.584. The minimum atomic E-state index is 0.584. The summed E-state index contributed by atoms with van der Waals surface area (Å²) in [6, 6.07) is 7.85. The first-order valence-electron chi connectivity index (χ1n) is 6.70. The largest absolute Gasteiger partial charge is 0.493 e. The van der Waals surface area contributed by atoms with Crippen LogP contribution in [0.15, 0.2) is 41.8 Å². The Hall–Kier alpha value is -2.47. The van der Waals surface area contributed by atoms with E-state index in [1.165, 1.54) is 0 Å². The highest BCUT2D eigenvalue weighted by molar-refractivity contribution is 7.20. The molecule has 0 bridgehead atoms. The van der Waals surface area contributed by atoms with Crippen LogP contribution < -0.4 is 9.47 Å². The Balaban J connectivity index is 1.74. The van der Waals surface area contributed by atoms with Crippen molar-refractivity contribution in [3.63, 3.8) is 0 Å². The van der Waals surface area contributed by atoms with Crippen LogP contribution in [0.25, 0.3) is 10.2 Å². The fraction of sp³-hybridized carbons (Fsp3) is 0.188. The Labute approximate surface area is 132 Å². The average molecular weight is 313 g/mol. The van der Waals surface area contributed by atoms with E-state index in [0.717, 1.165) is 26.4 Å². The second-order valence-corrected chi connectivity index (χ2v) is 5.65. The number of ether oxygens (including phenoxy) is 2. The molecule has 2 aromatic heterocycles. The molecule has 0 aliphatic heterocycles. The van der Waals surface area contributed by atoms with Gasteiger partial charge in [0.2, 0.25) is 0 Å². The molecule has 22 heavy (non-hydrogen) atoms. The molecule has 5 nitrogen and oxygen atoms in total. The van der Waals surface area contributed by atoms with Crippen molar-refractivity contribution in [1.29, 1.82) is 0 Å². The Morgan fingerprint density at radius 2 is 2.05 bits per heavy atom. The molecular weight excluding hydrogens is 298 g/mol. The van der Waals surface area contributed by atoms with Gasteiger partial charge in [0.05, 0.1) is 20.8 Å². The molecule has 1 aromatic carbocycles. The molecule has 0 saturated carbocycles. The monoisotopic (exact) mass is 313 g/mol. The smallest absolute Gasteiger partial charge is 0.161 e. The number of nitrogens with zero attached hydrogens (tertiary/aromatic N) is 3. The second-order valence-electron chi connectivity index (χ2n) is 4.59. The van der Waals surface area contributed by atoms with Crippen molar-refractivity contribution < 1.29 is 9.47 Å². The van der Waals surface area contributed by atoms with E-state index in [-0.39, 0.29) is 0 Å². The molecule has 0 aliphatic carbocycles. The molecule has 0 unspecified atom stereocenters. The summed E-state index contributed by atoms with van der Waals surface area (Å²) in [5, 5.41) is 1.04. The Morgan fingerprint density at radius 1 is 1.18 bits per heavy atom. The van der Waals surface area contributed by atoms with Crippen LogP contribution in [0.3, 0.4) is 0 Å². The van der Waals surface area contributed by atoms with Crippen molar-refractivity contribution >= 4 is 27.8 Å². The van der Waals surface area contributed by atoms with Crippen LogP contribution in [-0.4, -0.2) is 30.4 Å². The van der Waals surface area contributed by atoms with E-state index in [9.17, 15) is 0 Å². The fourth-order valence-corrected chi connectivity index (χ4v) is 2.96. The third-order valence-corrected chi connectivity index (χ3v) is 4.15. The molecule has 3 rings (SSSR count). The second kappa shape index (κ2) is 6.53. The number of benzene rings is 1. The molecular formula is C16H15N3O2S. The van der Waals surface area contributed by atoms with E-state index in [1.54, 1.807) is 31.9 Å². The Bertz CT molecular complexity index is 781. The predicted molar refractivity (Wildman–Crippen MR) is 88.3 cm³/mol. The first kappa shape index (κ1) is 14.5. The maximum Gasteiger partial charge on any atom is 0.161 e. The standard InChI is InChI=1S/C16H15N3O2S/c1-20-14-4-3-11(5-15(14)21-2)7-17-9-13-6-12-8-18-10-19-16(12)22-13/h3-6,8-10H,7H2,1-2H3. The van der Waals surface area contributed by atoms with Gasteiger partial charge in [0, 0.05) is 22.7 Å². The summed E-state index contributed by atoms with van der Waals surface area (Å²) in [6.45, 7) is 0.584. The van der Waals surface area contributed by atoms with E-state index in [4.69, 9.17) is 9.47 Å². The topological polar surface area (TPSA) is 56.6 Å². The molecule has 6 heteroatoms. The molecule has 2 heterocycles. The zero-order chi connectivity index (χ0) is 15.4. The number of rotatable bonds is 5. The molecule has 0 aliphatic rings. The van der Waals surface area contributed by atoms with Gasteiger partial charge in [-0.1, -0.05) is 6.07 Å². The SMILES string of the molecule is COc1ccc(CN=Cc2cc3cncnc3s2)cc1OC. The zero-order valence-corrected chi connectivity index (χ0v) is 13.1. The quantitative estimate of drug-likeness (QED) is 0.678. The van der Waals surface area contributed by atoms with Gasteiger partial charge in [-0.2, -0.15) is 0 Å². The summed E-state index contributed by atoms with van der Waals surface area (Å²) < 4.78 is 10.5. The van der Waals surface area contributed by atoms with Gasteiger partial charge in [-0.15, -0.1) is 11.3 Å². The van der Waals surface area contributed by atoms with Gasteiger partial charge in [0.1, 0.15) is 11.2 Å². The van der Waals surface area contributed by atoms with Crippen LogP contribution in [-0.2, 0) is 6.54 Å². The minimum Gasteiger partial charge on any atom is -0.493 e. The molecule has 0 spiro atoms. The number of aliphatic imine (C=N–C) groups is 1. The van der Waals surface area contributed by atoms with Gasteiger partial charge in [0.25, 0.3) is 0 Å². The number of aromatic nitrogens is 2. The van der Waals surface area contributed by atoms with Crippen LogP contribution in [0.4, 0.5) is 0 Å². The number of thiophene rings is 1. The van der Waals surface area contributed by atoms with E-state index in [2.05, 4.69) is 15.0 Å². The lowest BCUT2D eigenvalue weighted by Gasteiger charge is -2.08. The molecule has 0 amide bonds. The van der Waals surface area contributed by atoms with Crippen molar-refractivity contribution in [1.82, 2.24) is 9.97 Å².